The summed E-state index contributed by atoms with van der Waals surface area (Å²) in [6, 6.07) is 6.28. The van der Waals surface area contributed by atoms with E-state index in [0.717, 1.165) is 5.01 Å². The summed E-state index contributed by atoms with van der Waals surface area (Å²) in [4.78, 5) is 33.5. The fourth-order valence-corrected chi connectivity index (χ4v) is 2.36. The first kappa shape index (κ1) is 17.4. The van der Waals surface area contributed by atoms with E-state index in [2.05, 4.69) is 5.73 Å². The van der Waals surface area contributed by atoms with Crippen molar-refractivity contribution < 1.29 is 19.7 Å². The number of phenolic OH excluding ortho intramolecular Hbond substituents is 1. The molecule has 2 rings (SSSR count). The van der Waals surface area contributed by atoms with E-state index in [1.165, 1.54) is 19.0 Å². The molecule has 0 radical (unpaired) electrons. The number of carbonyl (C=O) groups is 2. The maximum atomic E-state index is 12.0. The quantitative estimate of drug-likeness (QED) is 0.738. The van der Waals surface area contributed by atoms with Crippen molar-refractivity contribution in [1.29, 1.82) is 0 Å². The Balaban J connectivity index is 0.000000541. The minimum absolute atomic E-state index is 0.0898. The van der Waals surface area contributed by atoms with E-state index < -0.39 is 12.0 Å². The molecule has 3 N–H and O–H groups in total. The second kappa shape index (κ2) is 6.88. The van der Waals surface area contributed by atoms with E-state index in [1.54, 1.807) is 38.2 Å². The van der Waals surface area contributed by atoms with Crippen LogP contribution in [0.2, 0.25) is 0 Å². The van der Waals surface area contributed by atoms with Crippen molar-refractivity contribution in [3.63, 3.8) is 0 Å². The van der Waals surface area contributed by atoms with Crippen molar-refractivity contribution in [2.75, 3.05) is 14.1 Å². The molecule has 1 aromatic rings. The highest BCUT2D eigenvalue weighted by atomic mass is 16.4. The number of hydrogen-bond acceptors (Lipinski definition) is 4. The van der Waals surface area contributed by atoms with Gasteiger partial charge in [0.2, 0.25) is 5.91 Å². The zero-order valence-corrected chi connectivity index (χ0v) is 13.1. The number of nitrogens with two attached hydrogens (primary N) is 1. The molecule has 0 aliphatic carbocycles. The molecule has 2 atom stereocenters. The predicted octanol–water partition coefficient (Wildman–Crippen LogP) is 0.574. The summed E-state index contributed by atoms with van der Waals surface area (Å²) < 4.78 is 0. The molecule has 8 heteroatoms. The van der Waals surface area contributed by atoms with Crippen molar-refractivity contribution in [3.05, 3.63) is 34.7 Å². The number of phenols is 1. The van der Waals surface area contributed by atoms with Crippen LogP contribution in [0.1, 0.15) is 25.5 Å². The molecule has 0 saturated carbocycles. The van der Waals surface area contributed by atoms with Gasteiger partial charge in [0.05, 0.1) is 24.9 Å². The molecule has 1 heterocycles. The van der Waals surface area contributed by atoms with Crippen LogP contribution in [0, 0.1) is 10.8 Å². The first-order chi connectivity index (χ1) is 10.2. The number of para-hydroxylation sites is 1. The van der Waals surface area contributed by atoms with Crippen molar-refractivity contribution in [2.45, 2.75) is 19.9 Å². The van der Waals surface area contributed by atoms with Gasteiger partial charge in [-0.15, -0.1) is 5.01 Å². The van der Waals surface area contributed by atoms with Gasteiger partial charge >= 0.3 is 0 Å². The van der Waals surface area contributed by atoms with Crippen molar-refractivity contribution >= 4 is 11.8 Å². The second-order valence-corrected chi connectivity index (χ2v) is 5.09. The maximum absolute atomic E-state index is 12.0. The summed E-state index contributed by atoms with van der Waals surface area (Å²) in [6.07, 6.45) is 0. The molecule has 1 aromatic carbocycles. The van der Waals surface area contributed by atoms with E-state index in [4.69, 9.17) is 0 Å². The summed E-state index contributed by atoms with van der Waals surface area (Å²) in [7, 11) is 3.03. The van der Waals surface area contributed by atoms with Crippen LogP contribution in [-0.4, -0.2) is 46.0 Å². The number of carbonyl (C=O) groups excluding carboxylic acids is 2. The minimum atomic E-state index is -0.465. The van der Waals surface area contributed by atoms with Crippen LogP contribution in [0.3, 0.4) is 0 Å². The molecule has 1 aliphatic heterocycles. The van der Waals surface area contributed by atoms with Crippen LogP contribution in [0.5, 0.6) is 5.75 Å². The Labute approximate surface area is 128 Å². The molecule has 1 fully saturated rings. The Bertz CT molecular complexity index is 564. The Morgan fingerprint density at radius 1 is 1.32 bits per heavy atom. The molecule has 0 bridgehead atoms. The third-order valence-electron chi connectivity index (χ3n) is 3.37. The van der Waals surface area contributed by atoms with Gasteiger partial charge < -0.3 is 10.8 Å². The Morgan fingerprint density at radius 3 is 2.32 bits per heavy atom. The van der Waals surface area contributed by atoms with Gasteiger partial charge in [-0.3, -0.25) is 9.59 Å². The number of hydrogen-bond donors (Lipinski definition) is 2. The lowest BCUT2D eigenvalue weighted by molar-refractivity contribution is -0.823. The molecule has 0 aromatic heterocycles. The predicted molar refractivity (Wildman–Crippen MR) is 79.0 cm³/mol. The van der Waals surface area contributed by atoms with Gasteiger partial charge in [0.1, 0.15) is 11.8 Å². The van der Waals surface area contributed by atoms with E-state index >= 15 is 0 Å². The van der Waals surface area contributed by atoms with Crippen LogP contribution in [0.4, 0.5) is 0 Å². The number of amides is 2. The number of aromatic hydroxyl groups is 1. The average Bonchev–Trinajstić information content (AvgIpc) is 2.45. The average molecular weight is 309 g/mol. The Morgan fingerprint density at radius 2 is 1.82 bits per heavy atom. The summed E-state index contributed by atoms with van der Waals surface area (Å²) in [5.74, 6) is -0.915. The van der Waals surface area contributed by atoms with Gasteiger partial charge in [-0.2, -0.15) is 0 Å². The normalized spacial score (nSPS) is 21.3. The van der Waals surface area contributed by atoms with Gasteiger partial charge in [0.25, 0.3) is 10.9 Å². The lowest BCUT2D eigenvalue weighted by Crippen LogP contribution is -2.55. The summed E-state index contributed by atoms with van der Waals surface area (Å²) in [5.41, 5.74) is 5.05. The molecule has 2 amide bonds. The number of nitroso groups, excluding NO2 is 1. The van der Waals surface area contributed by atoms with E-state index in [9.17, 15) is 19.6 Å². The standard InChI is InChI=1S/C12H15N3O3.C2H5NO/c1-8-11(9-6-4-5-7-10(9)16)13(2)15(18)14(3)12(8)17;1-2(3)4/h4-8,11H,1-3H3;1H3,(H2,3,4)/p+1. The molecule has 1 aliphatic rings. The highest BCUT2D eigenvalue weighted by Crippen LogP contribution is 2.36. The molecule has 0 spiro atoms. The lowest BCUT2D eigenvalue weighted by atomic mass is 9.92. The van der Waals surface area contributed by atoms with Gasteiger partial charge in [0.15, 0.2) is 0 Å². The first-order valence-corrected chi connectivity index (χ1v) is 6.69. The van der Waals surface area contributed by atoms with E-state index in [0.29, 0.717) is 10.5 Å². The van der Waals surface area contributed by atoms with E-state index in [1.807, 2.05) is 0 Å². The van der Waals surface area contributed by atoms with Gasteiger partial charge in [0, 0.05) is 12.5 Å². The van der Waals surface area contributed by atoms with Crippen molar-refractivity contribution in [1.82, 2.24) is 10.0 Å². The first-order valence-electron chi connectivity index (χ1n) is 6.69. The third kappa shape index (κ3) is 3.51. The highest BCUT2D eigenvalue weighted by molar-refractivity contribution is 5.78. The van der Waals surface area contributed by atoms with Crippen LogP contribution in [-0.2, 0) is 9.59 Å². The summed E-state index contributed by atoms with van der Waals surface area (Å²) in [6.45, 7) is 3.06. The zero-order valence-electron chi connectivity index (χ0n) is 13.1. The van der Waals surface area contributed by atoms with Gasteiger partial charge in [-0.05, 0) is 11.1 Å². The largest absolute Gasteiger partial charge is 0.508 e. The van der Waals surface area contributed by atoms with Crippen LogP contribution in [0.25, 0.3) is 0 Å². The summed E-state index contributed by atoms with van der Waals surface area (Å²) >= 11 is 0. The molecule has 2 unspecified atom stereocenters. The molecule has 120 valence electrons. The number of benzene rings is 1. The van der Waals surface area contributed by atoms with Crippen LogP contribution >= 0.6 is 0 Å². The van der Waals surface area contributed by atoms with Gasteiger partial charge in [-0.25, -0.2) is 0 Å². The van der Waals surface area contributed by atoms with Gasteiger partial charge in [-0.1, -0.05) is 25.1 Å². The lowest BCUT2D eigenvalue weighted by Gasteiger charge is -2.32. The highest BCUT2D eigenvalue weighted by Gasteiger charge is 2.48. The smallest absolute Gasteiger partial charge is 0.290 e. The van der Waals surface area contributed by atoms with Crippen molar-refractivity contribution in [3.8, 4) is 5.75 Å². The maximum Gasteiger partial charge on any atom is 0.290 e. The second-order valence-electron chi connectivity index (χ2n) is 5.09. The molecule has 22 heavy (non-hydrogen) atoms. The van der Waals surface area contributed by atoms with Crippen molar-refractivity contribution in [2.24, 2.45) is 11.7 Å². The Kier molecular flexibility index (Phi) is 5.44. The number of primary amides is 1. The minimum Gasteiger partial charge on any atom is -0.508 e. The molecular formula is C14H21N4O4+. The Hall–Kier alpha value is -2.64. The number of rotatable bonds is 1. The van der Waals surface area contributed by atoms with Crippen LogP contribution < -0.4 is 5.73 Å². The number of nitrogens with zero attached hydrogens (tertiary/aromatic N) is 3. The zero-order chi connectivity index (χ0) is 17.0. The molecule has 8 nitrogen and oxygen atoms in total. The monoisotopic (exact) mass is 309 g/mol. The van der Waals surface area contributed by atoms with Crippen LogP contribution in [0.15, 0.2) is 24.3 Å². The SMILES string of the molecule is CC(N)=O.CC1C(=O)N(C)[N+](=O)N(C)C1c1ccccc1O. The third-order valence-corrected chi connectivity index (χ3v) is 3.37. The molecule has 1 saturated heterocycles. The fraction of sp³-hybridized carbons (Fsp3) is 0.429. The van der Waals surface area contributed by atoms with E-state index in [-0.39, 0.29) is 17.6 Å². The molecular weight excluding hydrogens is 288 g/mol. The summed E-state index contributed by atoms with van der Waals surface area (Å²) in [5, 5.41) is 12.3. The fourth-order valence-electron chi connectivity index (χ4n) is 2.36. The topological polar surface area (TPSA) is 107 Å². The number of hydrazine groups is 2.